The largest absolute Gasteiger partial charge is 0.464 e. The summed E-state index contributed by atoms with van der Waals surface area (Å²) >= 11 is 0. The molecule has 1 rings (SSSR count). The first-order valence-corrected chi connectivity index (χ1v) is 8.83. The third-order valence-electron chi connectivity index (χ3n) is 3.45. The summed E-state index contributed by atoms with van der Waals surface area (Å²) in [6.07, 6.45) is -6.60. The molecule has 1 aromatic carbocycles. The van der Waals surface area contributed by atoms with E-state index in [1.165, 1.54) is 7.11 Å². The minimum Gasteiger partial charge on any atom is -0.464 e. The Hall–Kier alpha value is -2.33. The molecule has 7 nitrogen and oxygen atoms in total. The second-order valence-corrected chi connectivity index (χ2v) is 6.99. The van der Waals surface area contributed by atoms with E-state index in [0.29, 0.717) is 0 Å². The second-order valence-electron chi connectivity index (χ2n) is 6.99. The summed E-state index contributed by atoms with van der Waals surface area (Å²) in [6.45, 7) is 6.24. The molecule has 1 amide bonds. The number of esters is 1. The van der Waals surface area contributed by atoms with Gasteiger partial charge in [0.25, 0.3) is 0 Å². The van der Waals surface area contributed by atoms with Crippen LogP contribution in [-0.2, 0) is 29.9 Å². The van der Waals surface area contributed by atoms with Gasteiger partial charge >= 0.3 is 18.2 Å². The Morgan fingerprint density at radius 1 is 1.10 bits per heavy atom. The number of hydrogen-bond donors (Lipinski definition) is 1. The van der Waals surface area contributed by atoms with Gasteiger partial charge in [-0.25, -0.2) is 9.59 Å². The Kier molecular flexibility index (Phi) is 8.90. The molecule has 0 saturated heterocycles. The molecule has 0 radical (unpaired) electrons. The molecule has 0 aliphatic heterocycles. The Morgan fingerprint density at radius 3 is 2.14 bits per heavy atom. The second kappa shape index (κ2) is 10.4. The Bertz CT molecular complexity index is 670. The molecule has 10 heteroatoms. The van der Waals surface area contributed by atoms with E-state index in [1.807, 2.05) is 0 Å². The number of alkyl carbamates (subject to hydrolysis) is 1. The van der Waals surface area contributed by atoms with Crippen molar-refractivity contribution in [3.63, 3.8) is 0 Å². The number of rotatable bonds is 8. The van der Waals surface area contributed by atoms with Gasteiger partial charge in [-0.2, -0.15) is 13.2 Å². The van der Waals surface area contributed by atoms with Crippen LogP contribution >= 0.6 is 0 Å². The van der Waals surface area contributed by atoms with Crippen molar-refractivity contribution >= 4 is 12.1 Å². The third kappa shape index (κ3) is 8.28. The Balaban J connectivity index is 3.23. The van der Waals surface area contributed by atoms with E-state index in [1.54, 1.807) is 27.7 Å². The van der Waals surface area contributed by atoms with Crippen molar-refractivity contribution in [3.8, 4) is 0 Å². The lowest BCUT2D eigenvalue weighted by atomic mass is 10.0. The number of hydrogen-bond acceptors (Lipinski definition) is 6. The topological polar surface area (TPSA) is 83.1 Å². The van der Waals surface area contributed by atoms with E-state index in [9.17, 15) is 22.8 Å². The number of methoxy groups -OCH3 is 1. The summed E-state index contributed by atoms with van der Waals surface area (Å²) in [6, 6.07) is 2.65. The van der Waals surface area contributed by atoms with Crippen LogP contribution in [0.3, 0.4) is 0 Å². The predicted molar refractivity (Wildman–Crippen MR) is 96.9 cm³/mol. The molecule has 164 valence electrons. The van der Waals surface area contributed by atoms with Gasteiger partial charge in [0.1, 0.15) is 18.5 Å². The lowest BCUT2D eigenvalue weighted by Gasteiger charge is -2.28. The van der Waals surface area contributed by atoms with Crippen LogP contribution in [-0.4, -0.2) is 44.2 Å². The van der Waals surface area contributed by atoms with Gasteiger partial charge in [-0.1, -0.05) is 12.1 Å². The molecule has 0 bridgehead atoms. The van der Waals surface area contributed by atoms with Crippen molar-refractivity contribution < 1.29 is 41.7 Å². The molecular weight excluding hydrogens is 395 g/mol. The number of nitrogens with one attached hydrogen (secondary N) is 1. The van der Waals surface area contributed by atoms with E-state index in [-0.39, 0.29) is 19.0 Å². The highest BCUT2D eigenvalue weighted by atomic mass is 19.4. The maximum absolute atomic E-state index is 12.8. The number of amides is 1. The first kappa shape index (κ1) is 24.7. The minimum atomic E-state index is -4.52. The minimum absolute atomic E-state index is 0.0232. The Labute approximate surface area is 167 Å². The van der Waals surface area contributed by atoms with E-state index in [4.69, 9.17) is 18.9 Å². The van der Waals surface area contributed by atoms with E-state index in [2.05, 4.69) is 5.32 Å². The average molecular weight is 421 g/mol. The van der Waals surface area contributed by atoms with Crippen molar-refractivity contribution in [1.29, 1.82) is 0 Å². The molecule has 2 unspecified atom stereocenters. The predicted octanol–water partition coefficient (Wildman–Crippen LogP) is 3.82. The van der Waals surface area contributed by atoms with Gasteiger partial charge in [0.2, 0.25) is 0 Å². The zero-order valence-corrected chi connectivity index (χ0v) is 17.0. The van der Waals surface area contributed by atoms with Crippen LogP contribution in [0.5, 0.6) is 0 Å². The maximum Gasteiger partial charge on any atom is 0.416 e. The summed E-state index contributed by atoms with van der Waals surface area (Å²) in [5, 5.41) is 2.37. The zero-order chi connectivity index (χ0) is 22.2. The number of benzene rings is 1. The summed E-state index contributed by atoms with van der Waals surface area (Å²) in [4.78, 5) is 24.7. The molecule has 0 aromatic heterocycles. The van der Waals surface area contributed by atoms with Crippen LogP contribution in [0.4, 0.5) is 18.0 Å². The average Bonchev–Trinajstić information content (AvgIpc) is 2.59. The molecule has 0 saturated carbocycles. The fourth-order valence-corrected chi connectivity index (χ4v) is 2.31. The highest BCUT2D eigenvalue weighted by Crippen LogP contribution is 2.31. The molecule has 2 atom stereocenters. The number of carbonyl (C=O) groups excluding carboxylic acids is 2. The molecule has 0 aliphatic carbocycles. The smallest absolute Gasteiger partial charge is 0.416 e. The van der Waals surface area contributed by atoms with Crippen molar-refractivity contribution in [2.45, 2.75) is 51.6 Å². The number of alkyl halides is 3. The summed E-state index contributed by atoms with van der Waals surface area (Å²) in [5.41, 5.74) is -1.48. The monoisotopic (exact) mass is 421 g/mol. The molecule has 1 N–H and O–H groups in total. The van der Waals surface area contributed by atoms with Crippen LogP contribution < -0.4 is 5.32 Å². The lowest BCUT2D eigenvalue weighted by molar-refractivity contribution is -0.154. The summed E-state index contributed by atoms with van der Waals surface area (Å²) < 4.78 is 59.0. The number of ether oxygens (including phenoxy) is 4. The van der Waals surface area contributed by atoms with Crippen molar-refractivity contribution in [2.24, 2.45) is 0 Å². The molecular formula is C19H26F3NO6. The van der Waals surface area contributed by atoms with Gasteiger partial charge < -0.3 is 24.3 Å². The van der Waals surface area contributed by atoms with Crippen molar-refractivity contribution in [3.05, 3.63) is 35.4 Å². The highest BCUT2D eigenvalue weighted by Gasteiger charge is 2.36. The van der Waals surface area contributed by atoms with Crippen LogP contribution in [0.2, 0.25) is 0 Å². The lowest BCUT2D eigenvalue weighted by Crippen LogP contribution is -2.48. The van der Waals surface area contributed by atoms with Crippen LogP contribution in [0.15, 0.2) is 24.3 Å². The molecule has 0 aliphatic rings. The third-order valence-corrected chi connectivity index (χ3v) is 3.45. The first-order chi connectivity index (χ1) is 13.4. The molecule has 1 aromatic rings. The van der Waals surface area contributed by atoms with Crippen LogP contribution in [0.25, 0.3) is 0 Å². The van der Waals surface area contributed by atoms with E-state index in [0.717, 1.165) is 24.3 Å². The highest BCUT2D eigenvalue weighted by molar-refractivity contribution is 5.82. The van der Waals surface area contributed by atoms with Gasteiger partial charge in [0.15, 0.2) is 6.04 Å². The number of halogens is 3. The molecule has 0 fully saturated rings. The van der Waals surface area contributed by atoms with Gasteiger partial charge in [-0.3, -0.25) is 0 Å². The van der Waals surface area contributed by atoms with Gasteiger partial charge in [0.05, 0.1) is 12.2 Å². The molecule has 0 spiro atoms. The van der Waals surface area contributed by atoms with E-state index < -0.39 is 41.5 Å². The van der Waals surface area contributed by atoms with Crippen LogP contribution in [0.1, 0.15) is 44.9 Å². The van der Waals surface area contributed by atoms with E-state index >= 15 is 0 Å². The maximum atomic E-state index is 12.8. The zero-order valence-electron chi connectivity index (χ0n) is 17.0. The standard InChI is InChI=1S/C19H26F3NO6/c1-6-27-16(24)14(23-17(25)29-18(2,3)4)15(28-11-26-5)12-7-9-13(10-8-12)19(20,21)22/h7-10,14-15H,6,11H2,1-5H3,(H,23,25). The first-order valence-electron chi connectivity index (χ1n) is 8.83. The number of carbonyl (C=O) groups is 2. The fourth-order valence-electron chi connectivity index (χ4n) is 2.31. The molecule has 29 heavy (non-hydrogen) atoms. The van der Waals surface area contributed by atoms with Crippen molar-refractivity contribution in [1.82, 2.24) is 5.32 Å². The molecule has 0 heterocycles. The fraction of sp³-hybridized carbons (Fsp3) is 0.579. The Morgan fingerprint density at radius 2 is 1.69 bits per heavy atom. The van der Waals surface area contributed by atoms with Gasteiger partial charge in [-0.15, -0.1) is 0 Å². The van der Waals surface area contributed by atoms with Crippen LogP contribution in [0, 0.1) is 0 Å². The summed E-state index contributed by atoms with van der Waals surface area (Å²) in [5.74, 6) is -0.834. The normalized spacial score (nSPS) is 14.1. The van der Waals surface area contributed by atoms with Gasteiger partial charge in [-0.05, 0) is 45.4 Å². The van der Waals surface area contributed by atoms with Gasteiger partial charge in [0, 0.05) is 7.11 Å². The SMILES string of the molecule is CCOC(=O)C(NC(=O)OC(C)(C)C)C(OCOC)c1ccc(C(F)(F)F)cc1. The quantitative estimate of drug-likeness (QED) is 0.508. The summed E-state index contributed by atoms with van der Waals surface area (Å²) in [7, 11) is 1.34. The van der Waals surface area contributed by atoms with Crippen molar-refractivity contribution in [2.75, 3.05) is 20.5 Å².